The Balaban J connectivity index is 2.15. The van der Waals surface area contributed by atoms with E-state index in [4.69, 9.17) is 23.2 Å². The minimum atomic E-state index is -3.76. The van der Waals surface area contributed by atoms with Crippen LogP contribution in [0.4, 0.5) is 10.1 Å². The Bertz CT molecular complexity index is 979. The van der Waals surface area contributed by atoms with Gasteiger partial charge in [-0.05, 0) is 42.8 Å². The monoisotopic (exact) mass is 431 g/mol. The predicted octanol–water partition coefficient (Wildman–Crippen LogP) is 3.44. The average molecular weight is 432 g/mol. The summed E-state index contributed by atoms with van der Waals surface area (Å²) in [7, 11) is -3.76. The van der Waals surface area contributed by atoms with Gasteiger partial charge in [0.2, 0.25) is 10.0 Å². The molecule has 2 rings (SSSR count). The molecule has 0 radical (unpaired) electrons. The summed E-state index contributed by atoms with van der Waals surface area (Å²) < 4.78 is 37.9. The van der Waals surface area contributed by atoms with E-state index < -0.39 is 22.5 Å². The summed E-state index contributed by atoms with van der Waals surface area (Å²) in [6.07, 6.45) is 0.968. The van der Waals surface area contributed by atoms with Crippen molar-refractivity contribution in [2.24, 2.45) is 5.10 Å². The number of carbonyl (C=O) groups excluding carboxylic acids is 1. The third kappa shape index (κ3) is 5.92. The SMILES string of the molecule is C/C(=N/NC(=O)CN(c1ccc(Cl)c(Cl)c1)S(C)(=O)=O)c1ccc(F)cc1. The molecule has 0 spiro atoms. The molecule has 0 aliphatic rings. The number of nitrogens with zero attached hydrogens (tertiary/aromatic N) is 2. The molecular weight excluding hydrogens is 416 g/mol. The highest BCUT2D eigenvalue weighted by Gasteiger charge is 2.21. The van der Waals surface area contributed by atoms with Gasteiger partial charge in [-0.2, -0.15) is 5.10 Å². The van der Waals surface area contributed by atoms with Crippen molar-refractivity contribution in [3.63, 3.8) is 0 Å². The minimum absolute atomic E-state index is 0.161. The first-order chi connectivity index (χ1) is 12.6. The van der Waals surface area contributed by atoms with Gasteiger partial charge in [0, 0.05) is 0 Å². The second-order valence-corrected chi connectivity index (χ2v) is 8.33. The number of nitrogens with one attached hydrogen (secondary N) is 1. The molecule has 10 heteroatoms. The summed E-state index contributed by atoms with van der Waals surface area (Å²) in [4.78, 5) is 12.2. The molecule has 0 fully saturated rings. The molecule has 0 saturated carbocycles. The molecule has 144 valence electrons. The normalized spacial score (nSPS) is 12.0. The lowest BCUT2D eigenvalue weighted by molar-refractivity contribution is -0.119. The zero-order chi connectivity index (χ0) is 20.2. The lowest BCUT2D eigenvalue weighted by Gasteiger charge is -2.21. The van der Waals surface area contributed by atoms with Gasteiger partial charge in [0.1, 0.15) is 12.4 Å². The summed E-state index contributed by atoms with van der Waals surface area (Å²) in [5.41, 5.74) is 3.53. The number of amides is 1. The standard InChI is InChI=1S/C17H16Cl2FN3O3S/c1-11(12-3-5-13(20)6-4-12)21-22-17(24)10-23(27(2,25)26)14-7-8-15(18)16(19)9-14/h3-9H,10H2,1-2H3,(H,22,24)/b21-11-. The number of hydrogen-bond acceptors (Lipinski definition) is 4. The first kappa shape index (κ1) is 21.1. The van der Waals surface area contributed by atoms with Gasteiger partial charge >= 0.3 is 0 Å². The average Bonchev–Trinajstić information content (AvgIpc) is 2.59. The third-order valence-corrected chi connectivity index (χ3v) is 5.37. The van der Waals surface area contributed by atoms with Crippen LogP contribution in [-0.4, -0.2) is 32.8 Å². The Morgan fingerprint density at radius 3 is 2.33 bits per heavy atom. The van der Waals surface area contributed by atoms with E-state index in [1.54, 1.807) is 6.92 Å². The van der Waals surface area contributed by atoms with Gasteiger partial charge in [0.15, 0.2) is 0 Å². The van der Waals surface area contributed by atoms with E-state index in [1.165, 1.54) is 42.5 Å². The maximum atomic E-state index is 12.9. The van der Waals surface area contributed by atoms with Gasteiger partial charge in [0.05, 0.1) is 27.7 Å². The van der Waals surface area contributed by atoms with E-state index in [2.05, 4.69) is 10.5 Å². The molecule has 2 aromatic rings. The van der Waals surface area contributed by atoms with Crippen LogP contribution in [0.3, 0.4) is 0 Å². The van der Waals surface area contributed by atoms with E-state index >= 15 is 0 Å². The number of anilines is 1. The van der Waals surface area contributed by atoms with Crippen molar-refractivity contribution in [3.8, 4) is 0 Å². The van der Waals surface area contributed by atoms with Crippen molar-refractivity contribution in [2.75, 3.05) is 17.1 Å². The fourth-order valence-electron chi connectivity index (χ4n) is 2.11. The highest BCUT2D eigenvalue weighted by Crippen LogP contribution is 2.28. The zero-order valence-electron chi connectivity index (χ0n) is 14.4. The minimum Gasteiger partial charge on any atom is -0.271 e. The van der Waals surface area contributed by atoms with Crippen LogP contribution in [0.2, 0.25) is 10.0 Å². The molecule has 2 aromatic carbocycles. The molecule has 0 unspecified atom stereocenters. The molecule has 0 aliphatic heterocycles. The van der Waals surface area contributed by atoms with Gasteiger partial charge in [0.25, 0.3) is 5.91 Å². The Morgan fingerprint density at radius 2 is 1.78 bits per heavy atom. The zero-order valence-corrected chi connectivity index (χ0v) is 16.7. The fraction of sp³-hybridized carbons (Fsp3) is 0.176. The van der Waals surface area contributed by atoms with Crippen LogP contribution in [0.15, 0.2) is 47.6 Å². The van der Waals surface area contributed by atoms with Gasteiger partial charge in [-0.25, -0.2) is 18.2 Å². The molecule has 1 amide bonds. The Hall–Kier alpha value is -2.16. The molecule has 0 bridgehead atoms. The predicted molar refractivity (Wildman–Crippen MR) is 105 cm³/mol. The largest absolute Gasteiger partial charge is 0.271 e. The lowest BCUT2D eigenvalue weighted by atomic mass is 10.1. The number of sulfonamides is 1. The fourth-order valence-corrected chi connectivity index (χ4v) is 3.25. The van der Waals surface area contributed by atoms with Gasteiger partial charge in [-0.3, -0.25) is 9.10 Å². The maximum Gasteiger partial charge on any atom is 0.260 e. The first-order valence-corrected chi connectivity index (χ1v) is 10.2. The molecule has 0 saturated heterocycles. The molecular formula is C17H16Cl2FN3O3S. The van der Waals surface area contributed by atoms with E-state index in [9.17, 15) is 17.6 Å². The Kier molecular flexibility index (Phi) is 6.80. The third-order valence-electron chi connectivity index (χ3n) is 3.49. The van der Waals surface area contributed by atoms with Crippen molar-refractivity contribution < 1.29 is 17.6 Å². The topological polar surface area (TPSA) is 78.8 Å². The number of hydrogen-bond donors (Lipinski definition) is 1. The van der Waals surface area contributed by atoms with Crippen LogP contribution >= 0.6 is 23.2 Å². The number of benzene rings is 2. The van der Waals surface area contributed by atoms with E-state index in [0.717, 1.165) is 10.6 Å². The summed E-state index contributed by atoms with van der Waals surface area (Å²) in [5, 5.41) is 4.33. The molecule has 0 aliphatic carbocycles. The summed E-state index contributed by atoms with van der Waals surface area (Å²) in [6, 6.07) is 9.79. The summed E-state index contributed by atoms with van der Waals surface area (Å²) in [5.74, 6) is -1.05. The first-order valence-electron chi connectivity index (χ1n) is 7.60. The van der Waals surface area contributed by atoms with E-state index in [-0.39, 0.29) is 21.5 Å². The summed E-state index contributed by atoms with van der Waals surface area (Å²) in [6.45, 7) is 1.12. The molecule has 0 atom stereocenters. The smallest absolute Gasteiger partial charge is 0.260 e. The molecule has 27 heavy (non-hydrogen) atoms. The number of halogens is 3. The maximum absolute atomic E-state index is 12.9. The van der Waals surface area contributed by atoms with Crippen LogP contribution in [0.1, 0.15) is 12.5 Å². The van der Waals surface area contributed by atoms with Gasteiger partial charge in [-0.15, -0.1) is 0 Å². The van der Waals surface area contributed by atoms with Gasteiger partial charge < -0.3 is 0 Å². The Morgan fingerprint density at radius 1 is 1.15 bits per heavy atom. The quantitative estimate of drug-likeness (QED) is 0.561. The van der Waals surface area contributed by atoms with Gasteiger partial charge in [-0.1, -0.05) is 35.3 Å². The lowest BCUT2D eigenvalue weighted by Crippen LogP contribution is -2.39. The van der Waals surface area contributed by atoms with E-state index in [1.807, 2.05) is 0 Å². The number of rotatable bonds is 6. The molecule has 0 heterocycles. The highest BCUT2D eigenvalue weighted by atomic mass is 35.5. The van der Waals surface area contributed by atoms with Crippen molar-refractivity contribution in [1.82, 2.24) is 5.43 Å². The van der Waals surface area contributed by atoms with Crippen molar-refractivity contribution in [1.29, 1.82) is 0 Å². The molecule has 0 aromatic heterocycles. The molecule has 1 N–H and O–H groups in total. The van der Waals surface area contributed by atoms with Crippen molar-refractivity contribution in [3.05, 3.63) is 63.9 Å². The van der Waals surface area contributed by atoms with Crippen LogP contribution in [0.5, 0.6) is 0 Å². The van der Waals surface area contributed by atoms with E-state index in [0.29, 0.717) is 11.3 Å². The number of carbonyl (C=O) groups is 1. The highest BCUT2D eigenvalue weighted by molar-refractivity contribution is 7.92. The number of hydrazone groups is 1. The Labute approximate surface area is 166 Å². The van der Waals surface area contributed by atoms with Crippen molar-refractivity contribution >= 4 is 50.5 Å². The van der Waals surface area contributed by atoms with Crippen molar-refractivity contribution in [2.45, 2.75) is 6.92 Å². The van der Waals surface area contributed by atoms with Crippen LogP contribution < -0.4 is 9.73 Å². The van der Waals surface area contributed by atoms with Crippen LogP contribution in [0.25, 0.3) is 0 Å². The second-order valence-electron chi connectivity index (χ2n) is 5.61. The van der Waals surface area contributed by atoms with Crippen LogP contribution in [-0.2, 0) is 14.8 Å². The van der Waals surface area contributed by atoms with Crippen LogP contribution in [0, 0.1) is 5.82 Å². The summed E-state index contributed by atoms with van der Waals surface area (Å²) >= 11 is 11.8. The molecule has 6 nitrogen and oxygen atoms in total. The second kappa shape index (κ2) is 8.69.